The summed E-state index contributed by atoms with van der Waals surface area (Å²) in [5.74, 6) is -0.205. The summed E-state index contributed by atoms with van der Waals surface area (Å²) in [6.07, 6.45) is 1.30. The van der Waals surface area contributed by atoms with Gasteiger partial charge in [-0.1, -0.05) is 24.3 Å². The number of amides is 1. The zero-order valence-electron chi connectivity index (χ0n) is 15.7. The first kappa shape index (κ1) is 19.6. The average molecular weight is 392 g/mol. The highest BCUT2D eigenvalue weighted by Crippen LogP contribution is 2.25. The quantitative estimate of drug-likeness (QED) is 0.356. The van der Waals surface area contributed by atoms with Crippen LogP contribution < -0.4 is 21.9 Å². The van der Waals surface area contributed by atoms with E-state index in [-0.39, 0.29) is 17.4 Å². The fourth-order valence-electron chi connectivity index (χ4n) is 2.45. The molecule has 0 saturated carbocycles. The summed E-state index contributed by atoms with van der Waals surface area (Å²) in [4.78, 5) is 32.2. The van der Waals surface area contributed by atoms with Gasteiger partial charge in [0.2, 0.25) is 0 Å². The van der Waals surface area contributed by atoms with Gasteiger partial charge < -0.3 is 15.8 Å². The molecule has 0 aliphatic rings. The highest BCUT2D eigenvalue weighted by molar-refractivity contribution is 5.95. The third-order valence-corrected chi connectivity index (χ3v) is 3.85. The lowest BCUT2D eigenvalue weighted by atomic mass is 10.2. The number of ether oxygens (including phenoxy) is 1. The van der Waals surface area contributed by atoms with Crippen molar-refractivity contribution in [3.63, 3.8) is 0 Å². The monoisotopic (exact) mass is 392 g/mol. The molecular formula is C20H20N6O3. The first-order valence-electron chi connectivity index (χ1n) is 8.84. The predicted molar refractivity (Wildman–Crippen MR) is 110 cm³/mol. The van der Waals surface area contributed by atoms with Gasteiger partial charge in [0.25, 0.3) is 5.91 Å². The van der Waals surface area contributed by atoms with Crippen molar-refractivity contribution in [1.82, 2.24) is 15.4 Å². The molecule has 9 nitrogen and oxygen atoms in total. The third-order valence-electron chi connectivity index (χ3n) is 3.85. The number of benzene rings is 2. The number of nitrogens with one attached hydrogen (secondary N) is 3. The molecule has 0 bridgehead atoms. The number of hydrogen-bond donors (Lipinski definition) is 4. The van der Waals surface area contributed by atoms with Crippen LogP contribution in [0.1, 0.15) is 27.6 Å². The first-order chi connectivity index (χ1) is 14.1. The summed E-state index contributed by atoms with van der Waals surface area (Å²) < 4.78 is 5.00. The minimum absolute atomic E-state index is 0.197. The molecule has 1 amide bonds. The van der Waals surface area contributed by atoms with E-state index < -0.39 is 5.97 Å². The smallest absolute Gasteiger partial charge is 0.338 e. The molecule has 3 aromatic rings. The number of hydrogen-bond acceptors (Lipinski definition) is 8. The highest BCUT2D eigenvalue weighted by atomic mass is 16.5. The van der Waals surface area contributed by atoms with Gasteiger partial charge in [0.1, 0.15) is 12.0 Å². The summed E-state index contributed by atoms with van der Waals surface area (Å²) in [6, 6.07) is 15.5. The van der Waals surface area contributed by atoms with Crippen LogP contribution in [0.15, 0.2) is 60.9 Å². The number of nitrogens with zero attached hydrogens (tertiary/aromatic N) is 2. The van der Waals surface area contributed by atoms with E-state index in [0.29, 0.717) is 29.2 Å². The Labute approximate surface area is 167 Å². The van der Waals surface area contributed by atoms with E-state index in [2.05, 4.69) is 26.1 Å². The number of rotatable bonds is 7. The minimum atomic E-state index is -0.419. The van der Waals surface area contributed by atoms with Crippen molar-refractivity contribution >= 4 is 34.9 Å². The fraction of sp³-hybridized carbons (Fsp3) is 0.100. The van der Waals surface area contributed by atoms with Crippen LogP contribution in [-0.4, -0.2) is 28.5 Å². The maximum atomic E-state index is 12.1. The molecule has 148 valence electrons. The SMILES string of the molecule is CCOC(=O)c1cccc(Nc2ncnc(NNC(=O)c3ccccc3)c2N)c1. The van der Waals surface area contributed by atoms with Crippen LogP contribution in [0.3, 0.4) is 0 Å². The predicted octanol–water partition coefficient (Wildman–Crippen LogP) is 2.74. The van der Waals surface area contributed by atoms with Gasteiger partial charge in [-0.2, -0.15) is 0 Å². The number of carbonyl (C=O) groups is 2. The normalized spacial score (nSPS) is 10.1. The van der Waals surface area contributed by atoms with Crippen LogP contribution in [-0.2, 0) is 4.74 Å². The summed E-state index contributed by atoms with van der Waals surface area (Å²) >= 11 is 0. The van der Waals surface area contributed by atoms with Crippen LogP contribution in [0.4, 0.5) is 23.0 Å². The van der Waals surface area contributed by atoms with Gasteiger partial charge in [-0.25, -0.2) is 14.8 Å². The number of hydrazine groups is 1. The number of nitrogen functional groups attached to an aromatic ring is 1. The summed E-state index contributed by atoms with van der Waals surface area (Å²) in [5.41, 5.74) is 13.0. The zero-order chi connectivity index (χ0) is 20.6. The molecule has 0 fully saturated rings. The number of aromatic nitrogens is 2. The Bertz CT molecular complexity index is 1010. The molecule has 9 heteroatoms. The summed E-state index contributed by atoms with van der Waals surface area (Å²) in [6.45, 7) is 2.03. The van der Waals surface area contributed by atoms with E-state index in [0.717, 1.165) is 0 Å². The van der Waals surface area contributed by atoms with Gasteiger partial charge in [-0.15, -0.1) is 0 Å². The molecule has 0 atom stereocenters. The Morgan fingerprint density at radius 3 is 2.48 bits per heavy atom. The first-order valence-corrected chi connectivity index (χ1v) is 8.84. The number of nitrogens with two attached hydrogens (primary N) is 1. The minimum Gasteiger partial charge on any atom is -0.462 e. The molecule has 0 spiro atoms. The molecule has 1 aromatic heterocycles. The lowest BCUT2D eigenvalue weighted by Gasteiger charge is -2.13. The van der Waals surface area contributed by atoms with Gasteiger partial charge in [-0.3, -0.25) is 15.6 Å². The molecule has 29 heavy (non-hydrogen) atoms. The molecular weight excluding hydrogens is 372 g/mol. The van der Waals surface area contributed by atoms with Crippen LogP contribution in [0.2, 0.25) is 0 Å². The van der Waals surface area contributed by atoms with Crippen molar-refractivity contribution in [3.8, 4) is 0 Å². The van der Waals surface area contributed by atoms with Gasteiger partial charge in [0, 0.05) is 11.3 Å². The second-order valence-corrected chi connectivity index (χ2v) is 5.86. The molecule has 0 aliphatic heterocycles. The van der Waals surface area contributed by atoms with E-state index in [4.69, 9.17) is 10.5 Å². The maximum Gasteiger partial charge on any atom is 0.338 e. The van der Waals surface area contributed by atoms with Crippen molar-refractivity contribution in [3.05, 3.63) is 72.1 Å². The number of carbonyl (C=O) groups excluding carboxylic acids is 2. The van der Waals surface area contributed by atoms with Crippen molar-refractivity contribution in [1.29, 1.82) is 0 Å². The molecule has 0 unspecified atom stereocenters. The summed E-state index contributed by atoms with van der Waals surface area (Å²) in [5, 5.41) is 3.03. The van der Waals surface area contributed by atoms with Crippen molar-refractivity contribution in [2.45, 2.75) is 6.92 Å². The van der Waals surface area contributed by atoms with Crippen LogP contribution >= 0.6 is 0 Å². The van der Waals surface area contributed by atoms with Crippen molar-refractivity contribution < 1.29 is 14.3 Å². The Hall–Kier alpha value is -4.14. The Morgan fingerprint density at radius 1 is 1.00 bits per heavy atom. The van der Waals surface area contributed by atoms with Crippen molar-refractivity contribution in [2.75, 3.05) is 23.1 Å². The lowest BCUT2D eigenvalue weighted by Crippen LogP contribution is -2.30. The molecule has 5 N–H and O–H groups in total. The fourth-order valence-corrected chi connectivity index (χ4v) is 2.45. The molecule has 0 saturated heterocycles. The molecule has 0 aliphatic carbocycles. The Kier molecular flexibility index (Phi) is 6.21. The second kappa shape index (κ2) is 9.18. The van der Waals surface area contributed by atoms with Gasteiger partial charge in [-0.05, 0) is 37.3 Å². The summed E-state index contributed by atoms with van der Waals surface area (Å²) in [7, 11) is 0. The highest BCUT2D eigenvalue weighted by Gasteiger charge is 2.12. The Morgan fingerprint density at radius 2 is 1.72 bits per heavy atom. The van der Waals surface area contributed by atoms with Gasteiger partial charge >= 0.3 is 5.97 Å². The van der Waals surface area contributed by atoms with E-state index >= 15 is 0 Å². The number of anilines is 4. The van der Waals surface area contributed by atoms with E-state index in [1.807, 2.05) is 6.07 Å². The zero-order valence-corrected chi connectivity index (χ0v) is 15.7. The third kappa shape index (κ3) is 4.98. The van der Waals surface area contributed by atoms with Crippen molar-refractivity contribution in [2.24, 2.45) is 0 Å². The molecule has 0 radical (unpaired) electrons. The number of esters is 1. The van der Waals surface area contributed by atoms with Gasteiger partial charge in [0.05, 0.1) is 12.2 Å². The van der Waals surface area contributed by atoms with E-state index in [1.54, 1.807) is 55.5 Å². The molecule has 1 heterocycles. The van der Waals surface area contributed by atoms with E-state index in [1.165, 1.54) is 6.33 Å². The average Bonchev–Trinajstić information content (AvgIpc) is 2.75. The van der Waals surface area contributed by atoms with Gasteiger partial charge in [0.15, 0.2) is 11.6 Å². The standard InChI is InChI=1S/C20H20N6O3/c1-2-29-20(28)14-9-6-10-15(11-14)24-17-16(21)18(23-12-22-17)25-26-19(27)13-7-4-3-5-8-13/h3-12H,2,21H2,1H3,(H,26,27)(H2,22,23,24,25). The Balaban J connectivity index is 1.71. The maximum absolute atomic E-state index is 12.1. The molecule has 3 rings (SSSR count). The van der Waals surface area contributed by atoms with Crippen LogP contribution in [0.5, 0.6) is 0 Å². The van der Waals surface area contributed by atoms with Crippen LogP contribution in [0, 0.1) is 0 Å². The van der Waals surface area contributed by atoms with Crippen LogP contribution in [0.25, 0.3) is 0 Å². The lowest BCUT2D eigenvalue weighted by molar-refractivity contribution is 0.0526. The van der Waals surface area contributed by atoms with E-state index in [9.17, 15) is 9.59 Å². The topological polar surface area (TPSA) is 131 Å². The molecule has 2 aromatic carbocycles. The second-order valence-electron chi connectivity index (χ2n) is 5.86. The largest absolute Gasteiger partial charge is 0.462 e.